The van der Waals surface area contributed by atoms with E-state index >= 15 is 0 Å². The highest BCUT2D eigenvalue weighted by Gasteiger charge is 2.13. The molecule has 0 spiro atoms. The number of hydrogen-bond acceptors (Lipinski definition) is 3. The quantitative estimate of drug-likeness (QED) is 0.746. The van der Waals surface area contributed by atoms with Crippen LogP contribution in [0.25, 0.3) is 5.52 Å². The average molecular weight is 389 g/mol. The molecule has 24 heavy (non-hydrogen) atoms. The molecule has 3 aromatic rings. The van der Waals surface area contributed by atoms with Crippen molar-refractivity contribution < 1.29 is 4.79 Å². The van der Waals surface area contributed by atoms with Crippen molar-refractivity contribution in [1.82, 2.24) is 19.5 Å². The summed E-state index contributed by atoms with van der Waals surface area (Å²) in [5.74, 6) is -0.260. The Kier molecular flexibility index (Phi) is 4.53. The maximum absolute atomic E-state index is 12.4. The molecule has 3 rings (SSSR count). The Balaban J connectivity index is 1.75. The second-order valence-corrected chi connectivity index (χ2v) is 6.58. The molecule has 0 radical (unpaired) electrons. The van der Waals surface area contributed by atoms with Crippen molar-refractivity contribution in [2.24, 2.45) is 0 Å². The largest absolute Gasteiger partial charge is 0.349 e. The lowest BCUT2D eigenvalue weighted by Gasteiger charge is -2.15. The van der Waals surface area contributed by atoms with Crippen LogP contribution in [0.1, 0.15) is 24.2 Å². The number of aryl methyl sites for hydroxylation is 1. The molecule has 0 bridgehead atoms. The summed E-state index contributed by atoms with van der Waals surface area (Å²) in [4.78, 5) is 24.7. The molecule has 124 valence electrons. The minimum absolute atomic E-state index is 0.118. The van der Waals surface area contributed by atoms with E-state index in [0.717, 1.165) is 21.2 Å². The van der Waals surface area contributed by atoms with E-state index in [-0.39, 0.29) is 24.2 Å². The monoisotopic (exact) mass is 388 g/mol. The van der Waals surface area contributed by atoms with Gasteiger partial charge in [-0.3, -0.25) is 9.20 Å². The van der Waals surface area contributed by atoms with Gasteiger partial charge < -0.3 is 5.32 Å². The lowest BCUT2D eigenvalue weighted by molar-refractivity contribution is -0.122. The number of benzene rings is 1. The standard InChI is InChI=1S/C17H17BrN4O2/c1-11-3-8-15-9-19-21(17(24)22(11)15)10-16(23)20-12(2)13-4-6-14(18)7-5-13/h3-9,12H,10H2,1-2H3,(H,20,23). The van der Waals surface area contributed by atoms with Gasteiger partial charge in [-0.05, 0) is 43.7 Å². The Hall–Kier alpha value is -2.41. The summed E-state index contributed by atoms with van der Waals surface area (Å²) >= 11 is 3.38. The van der Waals surface area contributed by atoms with Crippen molar-refractivity contribution in [3.05, 3.63) is 68.8 Å². The van der Waals surface area contributed by atoms with Crippen LogP contribution < -0.4 is 11.0 Å². The molecule has 0 fully saturated rings. The third kappa shape index (κ3) is 3.26. The first kappa shape index (κ1) is 16.4. The minimum Gasteiger partial charge on any atom is -0.348 e. The van der Waals surface area contributed by atoms with Crippen molar-refractivity contribution in [2.75, 3.05) is 0 Å². The first-order valence-corrected chi connectivity index (χ1v) is 8.34. The van der Waals surface area contributed by atoms with Gasteiger partial charge in [0.25, 0.3) is 0 Å². The van der Waals surface area contributed by atoms with E-state index in [1.807, 2.05) is 50.2 Å². The van der Waals surface area contributed by atoms with E-state index in [1.165, 1.54) is 4.68 Å². The topological polar surface area (TPSA) is 68.4 Å². The van der Waals surface area contributed by atoms with Gasteiger partial charge in [0.1, 0.15) is 6.54 Å². The van der Waals surface area contributed by atoms with Gasteiger partial charge in [-0.1, -0.05) is 28.1 Å². The molecule has 0 saturated heterocycles. The van der Waals surface area contributed by atoms with Gasteiger partial charge in [-0.25, -0.2) is 9.48 Å². The highest BCUT2D eigenvalue weighted by atomic mass is 79.9. The van der Waals surface area contributed by atoms with Crippen molar-refractivity contribution >= 4 is 27.4 Å². The van der Waals surface area contributed by atoms with Crippen LogP contribution in [0.15, 0.2) is 51.9 Å². The Labute approximate surface area is 147 Å². The summed E-state index contributed by atoms with van der Waals surface area (Å²) in [5.41, 5.74) is 2.21. The minimum atomic E-state index is -0.318. The summed E-state index contributed by atoms with van der Waals surface area (Å²) in [6, 6.07) is 11.2. The Morgan fingerprint density at radius 2 is 1.96 bits per heavy atom. The summed E-state index contributed by atoms with van der Waals surface area (Å²) in [6.45, 7) is 3.62. The first-order chi connectivity index (χ1) is 11.5. The molecule has 2 heterocycles. The molecule has 1 amide bonds. The lowest BCUT2D eigenvalue weighted by Crippen LogP contribution is -2.37. The molecule has 1 atom stereocenters. The molecular formula is C17H17BrN4O2. The highest BCUT2D eigenvalue weighted by molar-refractivity contribution is 9.10. The number of rotatable bonds is 4. The number of carbonyl (C=O) groups is 1. The number of halogens is 1. The fourth-order valence-electron chi connectivity index (χ4n) is 2.58. The number of aromatic nitrogens is 3. The molecule has 7 heteroatoms. The summed E-state index contributed by atoms with van der Waals surface area (Å²) in [5, 5.41) is 6.95. The zero-order valence-corrected chi connectivity index (χ0v) is 14.9. The fraction of sp³-hybridized carbons (Fsp3) is 0.235. The van der Waals surface area contributed by atoms with E-state index in [9.17, 15) is 9.59 Å². The van der Waals surface area contributed by atoms with Crippen LogP contribution in [0.2, 0.25) is 0 Å². The normalized spacial score (nSPS) is 12.3. The molecule has 1 N–H and O–H groups in total. The molecule has 0 aliphatic rings. The summed E-state index contributed by atoms with van der Waals surface area (Å²) < 4.78 is 3.69. The van der Waals surface area contributed by atoms with E-state index < -0.39 is 0 Å². The lowest BCUT2D eigenvalue weighted by atomic mass is 10.1. The number of hydrogen-bond donors (Lipinski definition) is 1. The third-order valence-corrected chi connectivity index (χ3v) is 4.42. The summed E-state index contributed by atoms with van der Waals surface area (Å²) in [7, 11) is 0. The van der Waals surface area contributed by atoms with E-state index in [4.69, 9.17) is 0 Å². The van der Waals surface area contributed by atoms with E-state index in [1.54, 1.807) is 10.6 Å². The molecule has 0 saturated carbocycles. The second-order valence-electron chi connectivity index (χ2n) is 5.66. The molecular weight excluding hydrogens is 372 g/mol. The molecule has 1 aromatic carbocycles. The zero-order chi connectivity index (χ0) is 17.3. The van der Waals surface area contributed by atoms with Crippen LogP contribution >= 0.6 is 15.9 Å². The Morgan fingerprint density at radius 1 is 1.25 bits per heavy atom. The van der Waals surface area contributed by atoms with Crippen LogP contribution in [0, 0.1) is 6.92 Å². The van der Waals surface area contributed by atoms with Gasteiger partial charge in [0.05, 0.1) is 17.8 Å². The van der Waals surface area contributed by atoms with Crippen LogP contribution in [0.5, 0.6) is 0 Å². The molecule has 2 aromatic heterocycles. The first-order valence-electron chi connectivity index (χ1n) is 7.55. The van der Waals surface area contributed by atoms with Gasteiger partial charge in [0.15, 0.2) is 0 Å². The number of amides is 1. The van der Waals surface area contributed by atoms with Gasteiger partial charge in [0, 0.05) is 10.2 Å². The van der Waals surface area contributed by atoms with E-state index in [0.29, 0.717) is 0 Å². The third-order valence-electron chi connectivity index (χ3n) is 3.89. The Bertz CT molecular complexity index is 943. The SMILES string of the molecule is Cc1ccc2cnn(CC(=O)NC(C)c3ccc(Br)cc3)c(=O)n12. The number of nitrogens with one attached hydrogen (secondary N) is 1. The maximum Gasteiger partial charge on any atom is 0.349 e. The maximum atomic E-state index is 12.4. The smallest absolute Gasteiger partial charge is 0.348 e. The van der Waals surface area contributed by atoms with Crippen molar-refractivity contribution in [1.29, 1.82) is 0 Å². The predicted molar refractivity (Wildman–Crippen MR) is 94.9 cm³/mol. The van der Waals surface area contributed by atoms with Gasteiger partial charge in [0.2, 0.25) is 5.91 Å². The van der Waals surface area contributed by atoms with E-state index in [2.05, 4.69) is 26.3 Å². The van der Waals surface area contributed by atoms with Crippen LogP contribution in [0.4, 0.5) is 0 Å². The van der Waals surface area contributed by atoms with Crippen LogP contribution in [-0.2, 0) is 11.3 Å². The molecule has 1 unspecified atom stereocenters. The zero-order valence-electron chi connectivity index (χ0n) is 13.4. The van der Waals surface area contributed by atoms with Gasteiger partial charge >= 0.3 is 5.69 Å². The van der Waals surface area contributed by atoms with Crippen LogP contribution in [0.3, 0.4) is 0 Å². The molecule has 0 aliphatic carbocycles. The molecule has 6 nitrogen and oxygen atoms in total. The van der Waals surface area contributed by atoms with Crippen LogP contribution in [-0.4, -0.2) is 20.1 Å². The molecule has 0 aliphatic heterocycles. The highest BCUT2D eigenvalue weighted by Crippen LogP contribution is 2.16. The van der Waals surface area contributed by atoms with Crippen molar-refractivity contribution in [2.45, 2.75) is 26.4 Å². The number of nitrogens with zero attached hydrogens (tertiary/aromatic N) is 3. The van der Waals surface area contributed by atoms with Gasteiger partial charge in [-0.15, -0.1) is 0 Å². The number of carbonyl (C=O) groups excluding carboxylic acids is 1. The fourth-order valence-corrected chi connectivity index (χ4v) is 2.85. The van der Waals surface area contributed by atoms with Crippen molar-refractivity contribution in [3.8, 4) is 0 Å². The second kappa shape index (κ2) is 6.60. The van der Waals surface area contributed by atoms with Crippen molar-refractivity contribution in [3.63, 3.8) is 0 Å². The number of fused-ring (bicyclic) bond motifs is 1. The van der Waals surface area contributed by atoms with Gasteiger partial charge in [-0.2, -0.15) is 5.10 Å². The Morgan fingerprint density at radius 3 is 2.67 bits per heavy atom. The summed E-state index contributed by atoms with van der Waals surface area (Å²) in [6.07, 6.45) is 1.58. The predicted octanol–water partition coefficient (Wildman–Crippen LogP) is 2.44. The average Bonchev–Trinajstić information content (AvgIpc) is 2.92.